The highest BCUT2D eigenvalue weighted by molar-refractivity contribution is 5.92. The summed E-state index contributed by atoms with van der Waals surface area (Å²) in [6.45, 7) is 4.08. The molecule has 0 aliphatic heterocycles. The minimum Gasteiger partial charge on any atom is -0.478 e. The van der Waals surface area contributed by atoms with Crippen molar-refractivity contribution in [2.75, 3.05) is 6.61 Å². The van der Waals surface area contributed by atoms with Gasteiger partial charge in [-0.15, -0.1) is 0 Å². The zero-order valence-electron chi connectivity index (χ0n) is 14.6. The summed E-state index contributed by atoms with van der Waals surface area (Å²) < 4.78 is 10.9. The molecular formula is C19H23NO5. The monoisotopic (exact) mass is 345 g/mol. The second-order valence-electron chi connectivity index (χ2n) is 5.77. The highest BCUT2D eigenvalue weighted by atomic mass is 16.6. The van der Waals surface area contributed by atoms with Gasteiger partial charge in [-0.1, -0.05) is 38.0 Å². The minimum absolute atomic E-state index is 0.0377. The van der Waals surface area contributed by atoms with Gasteiger partial charge in [-0.3, -0.25) is 10.1 Å². The summed E-state index contributed by atoms with van der Waals surface area (Å²) in [7, 11) is 0. The van der Waals surface area contributed by atoms with E-state index in [4.69, 9.17) is 9.47 Å². The summed E-state index contributed by atoms with van der Waals surface area (Å²) >= 11 is 0. The summed E-state index contributed by atoms with van der Waals surface area (Å²) in [5.41, 5.74) is -0.0377. The van der Waals surface area contributed by atoms with Gasteiger partial charge in [0.05, 0.1) is 23.0 Å². The molecule has 2 rings (SSSR count). The maximum absolute atomic E-state index is 12.1. The van der Waals surface area contributed by atoms with Crippen LogP contribution in [-0.2, 0) is 9.53 Å². The molecule has 0 fully saturated rings. The highest BCUT2D eigenvalue weighted by Gasteiger charge is 2.23. The van der Waals surface area contributed by atoms with Crippen LogP contribution in [0.3, 0.4) is 0 Å². The van der Waals surface area contributed by atoms with Crippen LogP contribution in [0.2, 0.25) is 0 Å². The Hall–Kier alpha value is -2.63. The van der Waals surface area contributed by atoms with Crippen LogP contribution in [0.15, 0.2) is 36.4 Å². The predicted octanol–water partition coefficient (Wildman–Crippen LogP) is 4.64. The van der Waals surface area contributed by atoms with Gasteiger partial charge in [0.2, 0.25) is 0 Å². The number of non-ortho nitro benzene ring substituents is 1. The molecule has 25 heavy (non-hydrogen) atoms. The molecule has 0 aliphatic rings. The van der Waals surface area contributed by atoms with E-state index in [1.54, 1.807) is 37.3 Å². The molecule has 2 aromatic rings. The number of benzene rings is 2. The first-order chi connectivity index (χ1) is 12.1. The number of carbonyl (C=O) groups excluding carboxylic acids is 1. The second-order valence-corrected chi connectivity index (χ2v) is 5.77. The van der Waals surface area contributed by atoms with Gasteiger partial charge in [0, 0.05) is 0 Å². The number of rotatable bonds is 9. The van der Waals surface area contributed by atoms with Gasteiger partial charge >= 0.3 is 5.97 Å². The van der Waals surface area contributed by atoms with Gasteiger partial charge in [-0.05, 0) is 37.3 Å². The lowest BCUT2D eigenvalue weighted by Crippen LogP contribution is -2.29. The normalized spacial score (nSPS) is 11.9. The molecule has 0 bridgehead atoms. The Bertz CT molecular complexity index is 744. The van der Waals surface area contributed by atoms with E-state index in [2.05, 4.69) is 6.92 Å². The summed E-state index contributed by atoms with van der Waals surface area (Å²) in [6.07, 6.45) is 2.60. The number of fused-ring (bicyclic) bond motifs is 1. The van der Waals surface area contributed by atoms with Crippen molar-refractivity contribution < 1.29 is 19.2 Å². The van der Waals surface area contributed by atoms with E-state index >= 15 is 0 Å². The van der Waals surface area contributed by atoms with E-state index in [1.165, 1.54) is 6.07 Å². The SMILES string of the molecule is CCCCC[C@H](Oc1cc([N+](=O)[O-])c2ccccc2c1)C(=O)OCC. The van der Waals surface area contributed by atoms with Crippen molar-refractivity contribution in [1.29, 1.82) is 0 Å². The Labute approximate surface area is 146 Å². The molecule has 0 N–H and O–H groups in total. The lowest BCUT2D eigenvalue weighted by atomic mass is 10.1. The van der Waals surface area contributed by atoms with Crippen LogP contribution in [0.4, 0.5) is 5.69 Å². The van der Waals surface area contributed by atoms with Gasteiger partial charge in [0.15, 0.2) is 6.10 Å². The van der Waals surface area contributed by atoms with Crippen LogP contribution in [0, 0.1) is 10.1 Å². The number of nitrogens with zero attached hydrogens (tertiary/aromatic N) is 1. The first kappa shape index (κ1) is 18.7. The van der Waals surface area contributed by atoms with Crippen molar-refractivity contribution in [3.05, 3.63) is 46.5 Å². The highest BCUT2D eigenvalue weighted by Crippen LogP contribution is 2.31. The average molecular weight is 345 g/mol. The Morgan fingerprint density at radius 3 is 2.64 bits per heavy atom. The Morgan fingerprint density at radius 1 is 1.20 bits per heavy atom. The Morgan fingerprint density at radius 2 is 1.96 bits per heavy atom. The fraction of sp³-hybridized carbons (Fsp3) is 0.421. The Kier molecular flexibility index (Phi) is 6.74. The first-order valence-electron chi connectivity index (χ1n) is 8.57. The van der Waals surface area contributed by atoms with E-state index in [9.17, 15) is 14.9 Å². The van der Waals surface area contributed by atoms with Crippen LogP contribution in [0.25, 0.3) is 10.8 Å². The zero-order valence-corrected chi connectivity index (χ0v) is 14.6. The molecule has 0 radical (unpaired) electrons. The summed E-state index contributed by atoms with van der Waals surface area (Å²) in [5.74, 6) is -0.130. The van der Waals surface area contributed by atoms with E-state index in [-0.39, 0.29) is 12.3 Å². The molecule has 0 saturated heterocycles. The van der Waals surface area contributed by atoms with E-state index in [0.717, 1.165) is 19.3 Å². The molecule has 0 heterocycles. The number of carbonyl (C=O) groups is 1. The molecule has 6 nitrogen and oxygen atoms in total. The molecular weight excluding hydrogens is 322 g/mol. The predicted molar refractivity (Wildman–Crippen MR) is 95.8 cm³/mol. The van der Waals surface area contributed by atoms with Gasteiger partial charge < -0.3 is 9.47 Å². The van der Waals surface area contributed by atoms with Gasteiger partial charge in [0.25, 0.3) is 5.69 Å². The summed E-state index contributed by atoms with van der Waals surface area (Å²) in [5, 5.41) is 12.6. The summed E-state index contributed by atoms with van der Waals surface area (Å²) in [6, 6.07) is 10.1. The quantitative estimate of drug-likeness (QED) is 0.286. The number of hydrogen-bond donors (Lipinski definition) is 0. The number of nitro benzene ring substituents is 1. The standard InChI is InChI=1S/C19H23NO5/c1-3-5-6-11-18(19(21)24-4-2)25-15-12-14-9-7-8-10-16(14)17(13-15)20(22)23/h7-10,12-13,18H,3-6,11H2,1-2H3/t18-/m0/s1. The zero-order chi connectivity index (χ0) is 18.2. The molecule has 6 heteroatoms. The molecule has 0 aliphatic carbocycles. The van der Waals surface area contributed by atoms with Crippen molar-refractivity contribution >= 4 is 22.4 Å². The maximum Gasteiger partial charge on any atom is 0.347 e. The molecule has 134 valence electrons. The first-order valence-corrected chi connectivity index (χ1v) is 8.57. The average Bonchev–Trinajstić information content (AvgIpc) is 2.60. The van der Waals surface area contributed by atoms with Crippen molar-refractivity contribution in [3.63, 3.8) is 0 Å². The van der Waals surface area contributed by atoms with Gasteiger partial charge in [-0.2, -0.15) is 0 Å². The third-order valence-corrected chi connectivity index (χ3v) is 3.91. The topological polar surface area (TPSA) is 78.7 Å². The molecule has 0 aromatic heterocycles. The molecule has 0 unspecified atom stereocenters. The maximum atomic E-state index is 12.1. The summed E-state index contributed by atoms with van der Waals surface area (Å²) in [4.78, 5) is 23.1. The largest absolute Gasteiger partial charge is 0.478 e. The van der Waals surface area contributed by atoms with Gasteiger partial charge in [-0.25, -0.2) is 4.79 Å². The van der Waals surface area contributed by atoms with Crippen molar-refractivity contribution in [2.24, 2.45) is 0 Å². The number of nitro groups is 1. The van der Waals surface area contributed by atoms with Crippen LogP contribution in [0.5, 0.6) is 5.75 Å². The lowest BCUT2D eigenvalue weighted by molar-refractivity contribution is -0.383. The van der Waals surface area contributed by atoms with E-state index in [0.29, 0.717) is 22.9 Å². The number of hydrogen-bond acceptors (Lipinski definition) is 5. The van der Waals surface area contributed by atoms with E-state index < -0.39 is 17.0 Å². The molecule has 0 saturated carbocycles. The van der Waals surface area contributed by atoms with Crippen LogP contribution >= 0.6 is 0 Å². The number of esters is 1. The van der Waals surface area contributed by atoms with Crippen molar-refractivity contribution in [3.8, 4) is 5.75 Å². The minimum atomic E-state index is -0.757. The lowest BCUT2D eigenvalue weighted by Gasteiger charge is -2.18. The number of ether oxygens (including phenoxy) is 2. The molecule has 1 atom stereocenters. The van der Waals surface area contributed by atoms with Crippen LogP contribution in [0.1, 0.15) is 39.5 Å². The second kappa shape index (κ2) is 9.01. The molecule has 0 amide bonds. The fourth-order valence-electron chi connectivity index (χ4n) is 2.69. The fourth-order valence-corrected chi connectivity index (χ4v) is 2.69. The Balaban J connectivity index is 2.30. The van der Waals surface area contributed by atoms with Crippen molar-refractivity contribution in [1.82, 2.24) is 0 Å². The number of unbranched alkanes of at least 4 members (excludes halogenated alkanes) is 2. The van der Waals surface area contributed by atoms with E-state index in [1.807, 2.05) is 0 Å². The van der Waals surface area contributed by atoms with Crippen molar-refractivity contribution in [2.45, 2.75) is 45.6 Å². The third-order valence-electron chi connectivity index (χ3n) is 3.91. The van der Waals surface area contributed by atoms with Crippen LogP contribution in [-0.4, -0.2) is 23.6 Å². The van der Waals surface area contributed by atoms with Crippen LogP contribution < -0.4 is 4.74 Å². The molecule has 0 spiro atoms. The third kappa shape index (κ3) is 4.92. The molecule has 2 aromatic carbocycles. The smallest absolute Gasteiger partial charge is 0.347 e. The van der Waals surface area contributed by atoms with Gasteiger partial charge in [0.1, 0.15) is 5.75 Å².